The van der Waals surface area contributed by atoms with E-state index in [1.54, 1.807) is 25.1 Å². The summed E-state index contributed by atoms with van der Waals surface area (Å²) in [6.07, 6.45) is 2.55. The van der Waals surface area contributed by atoms with Crippen molar-refractivity contribution < 1.29 is 8.42 Å². The molecule has 9 heteroatoms. The molecule has 110 valence electrons. The molecule has 4 N–H and O–H groups in total. The summed E-state index contributed by atoms with van der Waals surface area (Å²) in [5, 5.41) is 6.09. The van der Waals surface area contributed by atoms with Gasteiger partial charge in [-0.05, 0) is 24.6 Å². The Morgan fingerprint density at radius 1 is 1.24 bits per heavy atom. The number of sulfonamides is 1. The van der Waals surface area contributed by atoms with Crippen LogP contribution in [0.15, 0.2) is 40.3 Å². The van der Waals surface area contributed by atoms with E-state index in [9.17, 15) is 13.2 Å². The second-order valence-corrected chi connectivity index (χ2v) is 6.38. The number of aromatic amines is 3. The first-order chi connectivity index (χ1) is 9.95. The number of rotatable bonds is 4. The van der Waals surface area contributed by atoms with Crippen molar-refractivity contribution in [3.63, 3.8) is 0 Å². The maximum atomic E-state index is 12.1. The van der Waals surface area contributed by atoms with E-state index in [0.29, 0.717) is 11.0 Å². The van der Waals surface area contributed by atoms with Gasteiger partial charge in [0.1, 0.15) is 4.90 Å². The number of hydrogen-bond donors (Lipinski definition) is 4. The van der Waals surface area contributed by atoms with Crippen LogP contribution in [0.4, 0.5) is 0 Å². The van der Waals surface area contributed by atoms with E-state index in [1.165, 1.54) is 12.4 Å². The third kappa shape index (κ3) is 2.60. The second-order valence-electron chi connectivity index (χ2n) is 4.66. The standard InChI is InChI=1S/C12H13N5O3S/c1-7(17-21(19,20)9-5-13-14-6-9)8-2-3-10-11(4-8)16-12(18)15-10/h2-7,17H,1H3,(H,13,14)(H2,15,16,18). The molecular formula is C12H13N5O3S. The third-order valence-corrected chi connectivity index (χ3v) is 4.66. The molecule has 3 rings (SSSR count). The molecule has 2 aromatic heterocycles. The van der Waals surface area contributed by atoms with Crippen LogP contribution in [0.1, 0.15) is 18.5 Å². The van der Waals surface area contributed by atoms with Crippen LogP contribution in [0.25, 0.3) is 11.0 Å². The highest BCUT2D eigenvalue weighted by Crippen LogP contribution is 2.19. The van der Waals surface area contributed by atoms with Crippen molar-refractivity contribution in [3.05, 3.63) is 46.6 Å². The zero-order valence-corrected chi connectivity index (χ0v) is 11.9. The predicted octanol–water partition coefficient (Wildman–Crippen LogP) is 0.619. The monoisotopic (exact) mass is 307 g/mol. The van der Waals surface area contributed by atoms with Crippen molar-refractivity contribution in [2.24, 2.45) is 0 Å². The predicted molar refractivity (Wildman–Crippen MR) is 76.2 cm³/mol. The number of H-pyrrole nitrogens is 3. The normalized spacial score (nSPS) is 13.6. The van der Waals surface area contributed by atoms with E-state index in [2.05, 4.69) is 24.9 Å². The molecule has 0 aliphatic rings. The highest BCUT2D eigenvalue weighted by Gasteiger charge is 2.19. The Balaban J connectivity index is 1.90. The molecule has 0 amide bonds. The number of nitrogens with one attached hydrogen (secondary N) is 4. The molecule has 0 saturated heterocycles. The maximum Gasteiger partial charge on any atom is 0.323 e. The number of aromatic nitrogens is 4. The lowest BCUT2D eigenvalue weighted by Gasteiger charge is -2.13. The topological polar surface area (TPSA) is 123 Å². The van der Waals surface area contributed by atoms with Gasteiger partial charge in [0.15, 0.2) is 0 Å². The quantitative estimate of drug-likeness (QED) is 0.564. The van der Waals surface area contributed by atoms with E-state index >= 15 is 0 Å². The van der Waals surface area contributed by atoms with E-state index in [1.807, 2.05) is 0 Å². The lowest BCUT2D eigenvalue weighted by molar-refractivity contribution is 0.567. The van der Waals surface area contributed by atoms with E-state index < -0.39 is 16.1 Å². The molecule has 2 heterocycles. The lowest BCUT2D eigenvalue weighted by atomic mass is 10.1. The van der Waals surface area contributed by atoms with Crippen molar-refractivity contribution in [3.8, 4) is 0 Å². The molecule has 0 aliphatic carbocycles. The van der Waals surface area contributed by atoms with Gasteiger partial charge >= 0.3 is 5.69 Å². The number of benzene rings is 1. The van der Waals surface area contributed by atoms with E-state index in [0.717, 1.165) is 5.56 Å². The van der Waals surface area contributed by atoms with E-state index in [-0.39, 0.29) is 10.6 Å². The minimum Gasteiger partial charge on any atom is -0.306 e. The smallest absolute Gasteiger partial charge is 0.306 e. The molecule has 0 bridgehead atoms. The molecule has 1 unspecified atom stereocenters. The van der Waals surface area contributed by atoms with Gasteiger partial charge in [0, 0.05) is 12.2 Å². The number of nitrogens with zero attached hydrogens (tertiary/aromatic N) is 1. The van der Waals surface area contributed by atoms with Crippen LogP contribution >= 0.6 is 0 Å². The molecule has 0 radical (unpaired) electrons. The Labute approximate surface area is 119 Å². The van der Waals surface area contributed by atoms with Gasteiger partial charge < -0.3 is 9.97 Å². The molecule has 0 spiro atoms. The first-order valence-electron chi connectivity index (χ1n) is 6.19. The van der Waals surface area contributed by atoms with Crippen LogP contribution in [0.3, 0.4) is 0 Å². The molecule has 0 saturated carbocycles. The molecule has 3 aromatic rings. The molecule has 21 heavy (non-hydrogen) atoms. The lowest BCUT2D eigenvalue weighted by Crippen LogP contribution is -2.26. The first-order valence-corrected chi connectivity index (χ1v) is 7.67. The minimum absolute atomic E-state index is 0.0745. The fraction of sp³-hybridized carbons (Fsp3) is 0.167. The fourth-order valence-corrected chi connectivity index (χ4v) is 3.21. The SMILES string of the molecule is CC(NS(=O)(=O)c1cn[nH]c1)c1ccc2[nH]c(=O)[nH]c2c1. The summed E-state index contributed by atoms with van der Waals surface area (Å²) in [5.41, 5.74) is 1.75. The van der Waals surface area contributed by atoms with Crippen LogP contribution in [0, 0.1) is 0 Å². The van der Waals surface area contributed by atoms with Gasteiger partial charge in [-0.2, -0.15) is 5.10 Å². The Morgan fingerprint density at radius 2 is 2.00 bits per heavy atom. The van der Waals surface area contributed by atoms with Crippen molar-refractivity contribution in [1.82, 2.24) is 24.9 Å². The third-order valence-electron chi connectivity index (χ3n) is 3.16. The molecule has 1 aromatic carbocycles. The largest absolute Gasteiger partial charge is 0.323 e. The Bertz CT molecular complexity index is 923. The van der Waals surface area contributed by atoms with Gasteiger partial charge in [0.2, 0.25) is 10.0 Å². The van der Waals surface area contributed by atoms with Gasteiger partial charge in [-0.15, -0.1) is 0 Å². The zero-order valence-electron chi connectivity index (χ0n) is 11.0. The summed E-state index contributed by atoms with van der Waals surface area (Å²) in [6.45, 7) is 1.73. The Kier molecular flexibility index (Phi) is 3.15. The van der Waals surface area contributed by atoms with Crippen LogP contribution in [0.5, 0.6) is 0 Å². The fourth-order valence-electron chi connectivity index (χ4n) is 2.07. The van der Waals surface area contributed by atoms with Gasteiger partial charge in [-0.3, -0.25) is 5.10 Å². The summed E-state index contributed by atoms with van der Waals surface area (Å²) < 4.78 is 26.8. The van der Waals surface area contributed by atoms with Crippen molar-refractivity contribution in [2.75, 3.05) is 0 Å². The average Bonchev–Trinajstić information content (AvgIpc) is 3.05. The molecule has 0 fully saturated rings. The number of imidazole rings is 1. The van der Waals surface area contributed by atoms with Gasteiger partial charge in [-0.25, -0.2) is 17.9 Å². The minimum atomic E-state index is -3.64. The summed E-state index contributed by atoms with van der Waals surface area (Å²) in [6, 6.07) is 4.77. The van der Waals surface area contributed by atoms with Gasteiger partial charge in [0.05, 0.1) is 17.2 Å². The zero-order chi connectivity index (χ0) is 15.0. The van der Waals surface area contributed by atoms with Crippen LogP contribution in [-0.2, 0) is 10.0 Å². The molecule has 0 aliphatic heterocycles. The van der Waals surface area contributed by atoms with Crippen molar-refractivity contribution in [1.29, 1.82) is 0 Å². The van der Waals surface area contributed by atoms with Crippen LogP contribution < -0.4 is 10.4 Å². The average molecular weight is 307 g/mol. The Hall–Kier alpha value is -2.39. The molecular weight excluding hydrogens is 294 g/mol. The number of hydrogen-bond acceptors (Lipinski definition) is 4. The number of fused-ring (bicyclic) bond motifs is 1. The summed E-state index contributed by atoms with van der Waals surface area (Å²) >= 11 is 0. The summed E-state index contributed by atoms with van der Waals surface area (Å²) in [7, 11) is -3.64. The van der Waals surface area contributed by atoms with Gasteiger partial charge in [0.25, 0.3) is 0 Å². The summed E-state index contributed by atoms with van der Waals surface area (Å²) in [4.78, 5) is 16.6. The first kappa shape index (κ1) is 13.6. The van der Waals surface area contributed by atoms with Gasteiger partial charge in [-0.1, -0.05) is 6.07 Å². The van der Waals surface area contributed by atoms with Crippen molar-refractivity contribution in [2.45, 2.75) is 17.9 Å². The van der Waals surface area contributed by atoms with Crippen LogP contribution in [0.2, 0.25) is 0 Å². The Morgan fingerprint density at radius 3 is 2.71 bits per heavy atom. The molecule has 1 atom stereocenters. The maximum absolute atomic E-state index is 12.1. The summed E-state index contributed by atoms with van der Waals surface area (Å²) in [5.74, 6) is 0. The highest BCUT2D eigenvalue weighted by molar-refractivity contribution is 7.89. The van der Waals surface area contributed by atoms with Crippen LogP contribution in [-0.4, -0.2) is 28.6 Å². The van der Waals surface area contributed by atoms with Crippen molar-refractivity contribution >= 4 is 21.1 Å². The highest BCUT2D eigenvalue weighted by atomic mass is 32.2. The van der Waals surface area contributed by atoms with E-state index in [4.69, 9.17) is 0 Å². The second kappa shape index (κ2) is 4.86. The molecule has 8 nitrogen and oxygen atoms in total.